The minimum atomic E-state index is 0.709. The molecule has 0 N–H and O–H groups in total. The smallest absolute Gasteiger partial charge is 0.159 e. The van der Waals surface area contributed by atoms with E-state index in [1.807, 2.05) is 30.3 Å². The fraction of sp³-hybridized carbons (Fsp3) is 0. The monoisotopic (exact) mass is 284 g/mol. The normalized spacial score (nSPS) is 10.7. The van der Waals surface area contributed by atoms with Gasteiger partial charge >= 0.3 is 0 Å². The fourth-order valence-corrected chi connectivity index (χ4v) is 2.56. The Bertz CT molecular complexity index is 804. The third-order valence-electron chi connectivity index (χ3n) is 3.52. The zero-order chi connectivity index (χ0) is 14.8. The lowest BCUT2D eigenvalue weighted by molar-refractivity contribution is 1.17. The van der Waals surface area contributed by atoms with E-state index >= 15 is 0 Å². The van der Waals surface area contributed by atoms with Gasteiger partial charge in [0.25, 0.3) is 0 Å². The van der Waals surface area contributed by atoms with Gasteiger partial charge in [0, 0.05) is 35.9 Å². The van der Waals surface area contributed by atoms with Crippen molar-refractivity contribution in [3.63, 3.8) is 0 Å². The highest BCUT2D eigenvalue weighted by Crippen LogP contribution is 2.40. The van der Waals surface area contributed by atoms with Crippen molar-refractivity contribution in [3.8, 4) is 33.9 Å². The van der Waals surface area contributed by atoms with Crippen molar-refractivity contribution in [1.29, 1.82) is 0 Å². The van der Waals surface area contributed by atoms with Crippen LogP contribution in [-0.2, 0) is 0 Å². The average molecular weight is 284 g/mol. The summed E-state index contributed by atoms with van der Waals surface area (Å²) >= 11 is 0. The van der Waals surface area contributed by atoms with Gasteiger partial charge < -0.3 is 0 Å². The first kappa shape index (κ1) is 12.6. The summed E-state index contributed by atoms with van der Waals surface area (Å²) in [6.07, 6.45) is 7.01. The van der Waals surface area contributed by atoms with Crippen molar-refractivity contribution < 1.29 is 0 Å². The largest absolute Gasteiger partial charge is 0.237 e. The summed E-state index contributed by atoms with van der Waals surface area (Å²) in [5.74, 6) is 1.42. The summed E-state index contributed by atoms with van der Waals surface area (Å²) in [6.45, 7) is 0. The van der Waals surface area contributed by atoms with E-state index < -0.39 is 0 Å². The molecule has 0 atom stereocenters. The van der Waals surface area contributed by atoms with Gasteiger partial charge in [0.2, 0.25) is 0 Å². The minimum absolute atomic E-state index is 0.709. The molecule has 0 saturated carbocycles. The molecule has 104 valence electrons. The number of nitrogens with zero attached hydrogens (tertiary/aromatic N) is 4. The van der Waals surface area contributed by atoms with Crippen LogP contribution in [0, 0.1) is 0 Å². The lowest BCUT2D eigenvalue weighted by atomic mass is 10.1. The van der Waals surface area contributed by atoms with E-state index in [1.165, 1.54) is 0 Å². The molecule has 2 aromatic heterocycles. The summed E-state index contributed by atoms with van der Waals surface area (Å²) in [6, 6.07) is 15.9. The van der Waals surface area contributed by atoms with Gasteiger partial charge in [-0.3, -0.25) is 0 Å². The van der Waals surface area contributed by atoms with Crippen LogP contribution >= 0.6 is 0 Å². The SMILES string of the molecule is c1ccc2c(-c3ncccn3)cc(-c3ncccn3)c-2cc1. The van der Waals surface area contributed by atoms with Gasteiger partial charge in [-0.2, -0.15) is 0 Å². The van der Waals surface area contributed by atoms with Crippen LogP contribution in [0.25, 0.3) is 33.9 Å². The second kappa shape index (κ2) is 5.33. The maximum absolute atomic E-state index is 4.37. The molecule has 4 heteroatoms. The Labute approximate surface area is 127 Å². The molecule has 2 aliphatic carbocycles. The van der Waals surface area contributed by atoms with E-state index in [4.69, 9.17) is 0 Å². The Hall–Kier alpha value is -3.14. The molecule has 22 heavy (non-hydrogen) atoms. The molecule has 0 aromatic carbocycles. The van der Waals surface area contributed by atoms with E-state index in [1.54, 1.807) is 24.8 Å². The second-order valence-corrected chi connectivity index (χ2v) is 4.85. The molecule has 0 aliphatic heterocycles. The molecule has 2 aromatic rings. The van der Waals surface area contributed by atoms with Gasteiger partial charge in [0.15, 0.2) is 11.6 Å². The van der Waals surface area contributed by atoms with E-state index in [0.717, 1.165) is 22.3 Å². The lowest BCUT2D eigenvalue weighted by Gasteiger charge is -2.00. The number of hydrogen-bond acceptors (Lipinski definition) is 4. The van der Waals surface area contributed by atoms with Crippen molar-refractivity contribution in [2.75, 3.05) is 0 Å². The van der Waals surface area contributed by atoms with Crippen LogP contribution in [0.2, 0.25) is 0 Å². The number of fused-ring (bicyclic) bond motifs is 1. The van der Waals surface area contributed by atoms with Crippen LogP contribution in [0.15, 0.2) is 73.3 Å². The van der Waals surface area contributed by atoms with Crippen LogP contribution < -0.4 is 0 Å². The second-order valence-electron chi connectivity index (χ2n) is 4.85. The molecular weight excluding hydrogens is 272 g/mol. The molecule has 2 heterocycles. The molecule has 0 spiro atoms. The molecule has 4 rings (SSSR count). The molecule has 0 unspecified atom stereocenters. The molecule has 0 bridgehead atoms. The third-order valence-corrected chi connectivity index (χ3v) is 3.52. The molecule has 4 nitrogen and oxygen atoms in total. The fourth-order valence-electron chi connectivity index (χ4n) is 2.56. The highest BCUT2D eigenvalue weighted by Gasteiger charge is 2.19. The first-order chi connectivity index (χ1) is 10.9. The van der Waals surface area contributed by atoms with Crippen LogP contribution in [0.3, 0.4) is 0 Å². The number of aromatic nitrogens is 4. The van der Waals surface area contributed by atoms with Gasteiger partial charge in [-0.15, -0.1) is 0 Å². The minimum Gasteiger partial charge on any atom is -0.237 e. The summed E-state index contributed by atoms with van der Waals surface area (Å²) in [5.41, 5.74) is 4.18. The van der Waals surface area contributed by atoms with E-state index in [-0.39, 0.29) is 0 Å². The van der Waals surface area contributed by atoms with Crippen LogP contribution in [0.1, 0.15) is 0 Å². The summed E-state index contributed by atoms with van der Waals surface area (Å²) in [4.78, 5) is 17.5. The maximum Gasteiger partial charge on any atom is 0.159 e. The quantitative estimate of drug-likeness (QED) is 0.563. The predicted octanol–water partition coefficient (Wildman–Crippen LogP) is 3.71. The average Bonchev–Trinajstić information content (AvgIpc) is 2.78. The highest BCUT2D eigenvalue weighted by atomic mass is 14.9. The number of hydrogen-bond donors (Lipinski definition) is 0. The first-order valence-corrected chi connectivity index (χ1v) is 7.00. The van der Waals surface area contributed by atoms with Crippen molar-refractivity contribution in [3.05, 3.63) is 73.3 Å². The Morgan fingerprint density at radius 3 is 1.36 bits per heavy atom. The standard InChI is InChI=1S/C18H12N4/c1-2-6-13-14(7-3-1)16(18-21-10-5-11-22-18)12-15(13)17-19-8-4-9-20-17/h1-12H. The van der Waals surface area contributed by atoms with Crippen LogP contribution in [-0.4, -0.2) is 19.9 Å². The van der Waals surface area contributed by atoms with Gasteiger partial charge in [-0.05, 0) is 29.3 Å². The van der Waals surface area contributed by atoms with Gasteiger partial charge in [0.1, 0.15) is 0 Å². The summed E-state index contributed by atoms with van der Waals surface area (Å²) in [7, 11) is 0. The van der Waals surface area contributed by atoms with Crippen LogP contribution in [0.5, 0.6) is 0 Å². The Morgan fingerprint density at radius 2 is 0.909 bits per heavy atom. The summed E-state index contributed by atoms with van der Waals surface area (Å²) in [5, 5.41) is 0. The number of rotatable bonds is 2. The molecule has 0 saturated heterocycles. The Morgan fingerprint density at radius 1 is 0.455 bits per heavy atom. The third kappa shape index (κ3) is 2.11. The zero-order valence-electron chi connectivity index (χ0n) is 11.7. The maximum atomic E-state index is 4.37. The molecule has 0 radical (unpaired) electrons. The van der Waals surface area contributed by atoms with Gasteiger partial charge in [-0.25, -0.2) is 19.9 Å². The van der Waals surface area contributed by atoms with Gasteiger partial charge in [0.05, 0.1) is 0 Å². The van der Waals surface area contributed by atoms with Crippen molar-refractivity contribution in [2.45, 2.75) is 0 Å². The lowest BCUT2D eigenvalue weighted by Crippen LogP contribution is -1.85. The Balaban J connectivity index is 2.00. The predicted molar refractivity (Wildman–Crippen MR) is 85.1 cm³/mol. The topological polar surface area (TPSA) is 51.6 Å². The molecule has 0 fully saturated rings. The highest BCUT2D eigenvalue weighted by molar-refractivity contribution is 5.94. The van der Waals surface area contributed by atoms with E-state index in [2.05, 4.69) is 38.1 Å². The zero-order valence-corrected chi connectivity index (χ0v) is 11.7. The molecule has 0 amide bonds. The van der Waals surface area contributed by atoms with Gasteiger partial charge in [-0.1, -0.05) is 30.3 Å². The Kier molecular flexibility index (Phi) is 3.05. The van der Waals surface area contributed by atoms with Crippen molar-refractivity contribution in [2.24, 2.45) is 0 Å². The van der Waals surface area contributed by atoms with Crippen LogP contribution in [0.4, 0.5) is 0 Å². The summed E-state index contributed by atoms with van der Waals surface area (Å²) < 4.78 is 0. The van der Waals surface area contributed by atoms with E-state index in [9.17, 15) is 0 Å². The van der Waals surface area contributed by atoms with E-state index in [0.29, 0.717) is 11.6 Å². The van der Waals surface area contributed by atoms with Crippen molar-refractivity contribution in [1.82, 2.24) is 19.9 Å². The molecular formula is C18H12N4. The molecule has 2 aliphatic rings. The first-order valence-electron chi connectivity index (χ1n) is 7.00. The van der Waals surface area contributed by atoms with Crippen molar-refractivity contribution >= 4 is 0 Å².